The van der Waals surface area contributed by atoms with E-state index in [4.69, 9.17) is 4.52 Å². The first-order valence-electron chi connectivity index (χ1n) is 7.34. The Hall–Kier alpha value is -2.21. The second-order valence-electron chi connectivity index (χ2n) is 5.57. The fraction of sp³-hybridized carbons (Fsp3) is 0.438. The summed E-state index contributed by atoms with van der Waals surface area (Å²) in [6.07, 6.45) is 0.126. The third kappa shape index (κ3) is 4.14. The van der Waals surface area contributed by atoms with Crippen molar-refractivity contribution in [2.24, 2.45) is 5.92 Å². The molecule has 0 saturated carbocycles. The number of aliphatic hydroxyl groups excluding tert-OH is 1. The van der Waals surface area contributed by atoms with E-state index in [1.165, 1.54) is 0 Å². The zero-order valence-corrected chi connectivity index (χ0v) is 13.0. The largest absolute Gasteiger partial charge is 0.393 e. The van der Waals surface area contributed by atoms with E-state index < -0.39 is 6.10 Å². The van der Waals surface area contributed by atoms with Crippen molar-refractivity contribution in [3.8, 4) is 11.4 Å². The summed E-state index contributed by atoms with van der Waals surface area (Å²) in [6.45, 7) is 6.04. The lowest BCUT2D eigenvalue weighted by molar-refractivity contribution is 0.0920. The van der Waals surface area contributed by atoms with Gasteiger partial charge in [0, 0.05) is 24.6 Å². The SMILES string of the molecule is Cc1nc(-c2cccc(C(=O)NCCC(O)C(C)C)c2)no1. The average molecular weight is 303 g/mol. The first-order chi connectivity index (χ1) is 10.5. The van der Waals surface area contributed by atoms with E-state index in [2.05, 4.69) is 15.5 Å². The molecule has 1 heterocycles. The number of nitrogens with one attached hydrogen (secondary N) is 1. The highest BCUT2D eigenvalue weighted by atomic mass is 16.5. The lowest BCUT2D eigenvalue weighted by Crippen LogP contribution is -2.28. The molecule has 1 aromatic carbocycles. The number of benzene rings is 1. The fourth-order valence-electron chi connectivity index (χ4n) is 1.99. The van der Waals surface area contributed by atoms with Gasteiger partial charge in [0.15, 0.2) is 0 Å². The molecule has 6 nitrogen and oxygen atoms in total. The van der Waals surface area contributed by atoms with E-state index in [9.17, 15) is 9.90 Å². The van der Waals surface area contributed by atoms with Gasteiger partial charge in [0.1, 0.15) is 0 Å². The van der Waals surface area contributed by atoms with Gasteiger partial charge in [-0.25, -0.2) is 0 Å². The van der Waals surface area contributed by atoms with Gasteiger partial charge in [0.25, 0.3) is 5.91 Å². The minimum atomic E-state index is -0.408. The predicted molar refractivity (Wildman–Crippen MR) is 82.3 cm³/mol. The molecule has 0 radical (unpaired) electrons. The van der Waals surface area contributed by atoms with Gasteiger partial charge in [0.2, 0.25) is 11.7 Å². The number of nitrogens with zero attached hydrogens (tertiary/aromatic N) is 2. The lowest BCUT2D eigenvalue weighted by atomic mass is 10.0. The third-order valence-corrected chi connectivity index (χ3v) is 3.41. The second-order valence-corrected chi connectivity index (χ2v) is 5.57. The molecule has 1 amide bonds. The molecule has 0 spiro atoms. The van der Waals surface area contributed by atoms with Crippen molar-refractivity contribution in [3.05, 3.63) is 35.7 Å². The molecular weight excluding hydrogens is 282 g/mol. The van der Waals surface area contributed by atoms with Crippen molar-refractivity contribution >= 4 is 5.91 Å². The van der Waals surface area contributed by atoms with Crippen LogP contribution < -0.4 is 5.32 Å². The maximum atomic E-state index is 12.1. The second kappa shape index (κ2) is 7.17. The normalized spacial score (nSPS) is 12.4. The van der Waals surface area contributed by atoms with Crippen LogP contribution in [0.1, 0.15) is 36.5 Å². The summed E-state index contributed by atoms with van der Waals surface area (Å²) in [5.74, 6) is 0.939. The predicted octanol–water partition coefficient (Wildman–Crippen LogP) is 2.18. The number of carbonyl (C=O) groups excluding carboxylic acids is 1. The summed E-state index contributed by atoms with van der Waals surface area (Å²) in [7, 11) is 0. The molecule has 22 heavy (non-hydrogen) atoms. The molecule has 0 bridgehead atoms. The maximum absolute atomic E-state index is 12.1. The van der Waals surface area contributed by atoms with Crippen LogP contribution in [0.3, 0.4) is 0 Å². The summed E-state index contributed by atoms with van der Waals surface area (Å²) in [5.41, 5.74) is 1.26. The number of aromatic nitrogens is 2. The summed E-state index contributed by atoms with van der Waals surface area (Å²) in [4.78, 5) is 16.3. The molecule has 0 aliphatic rings. The Morgan fingerprint density at radius 2 is 2.18 bits per heavy atom. The first kappa shape index (κ1) is 16.2. The summed E-state index contributed by atoms with van der Waals surface area (Å²) >= 11 is 0. The summed E-state index contributed by atoms with van der Waals surface area (Å²) in [5, 5.41) is 16.4. The standard InChI is InChI=1S/C16H21N3O3/c1-10(2)14(20)7-8-17-16(21)13-6-4-5-12(9-13)15-18-11(3)22-19-15/h4-6,9-10,14,20H,7-8H2,1-3H3,(H,17,21). The molecule has 2 N–H and O–H groups in total. The van der Waals surface area contributed by atoms with Crippen LogP contribution in [-0.2, 0) is 0 Å². The molecule has 1 aromatic heterocycles. The van der Waals surface area contributed by atoms with E-state index in [0.717, 1.165) is 5.56 Å². The Balaban J connectivity index is 1.99. The van der Waals surface area contributed by atoms with E-state index in [0.29, 0.717) is 30.2 Å². The number of hydrogen-bond acceptors (Lipinski definition) is 5. The van der Waals surface area contributed by atoms with Crippen LogP contribution in [0, 0.1) is 12.8 Å². The highest BCUT2D eigenvalue weighted by Gasteiger charge is 2.12. The van der Waals surface area contributed by atoms with Gasteiger partial charge in [-0.1, -0.05) is 31.1 Å². The van der Waals surface area contributed by atoms with Crippen molar-refractivity contribution in [3.63, 3.8) is 0 Å². The maximum Gasteiger partial charge on any atom is 0.251 e. The average Bonchev–Trinajstić information content (AvgIpc) is 2.93. The zero-order valence-electron chi connectivity index (χ0n) is 13.0. The van der Waals surface area contributed by atoms with Gasteiger partial charge in [-0.15, -0.1) is 0 Å². The van der Waals surface area contributed by atoms with Crippen molar-refractivity contribution < 1.29 is 14.4 Å². The minimum Gasteiger partial charge on any atom is -0.393 e. The van der Waals surface area contributed by atoms with E-state index >= 15 is 0 Å². The Kier molecular flexibility index (Phi) is 5.27. The number of carbonyl (C=O) groups is 1. The molecule has 0 aliphatic carbocycles. The molecular formula is C16H21N3O3. The molecule has 118 valence electrons. The quantitative estimate of drug-likeness (QED) is 0.854. The van der Waals surface area contributed by atoms with Crippen molar-refractivity contribution in [2.45, 2.75) is 33.3 Å². The van der Waals surface area contributed by atoms with Crippen LogP contribution >= 0.6 is 0 Å². The molecule has 0 fully saturated rings. The number of hydrogen-bond donors (Lipinski definition) is 2. The highest BCUT2D eigenvalue weighted by molar-refractivity contribution is 5.95. The van der Waals surface area contributed by atoms with Gasteiger partial charge < -0.3 is 14.9 Å². The molecule has 1 unspecified atom stereocenters. The Bertz CT molecular complexity index is 637. The number of rotatable bonds is 6. The zero-order chi connectivity index (χ0) is 16.1. The van der Waals surface area contributed by atoms with Crippen LogP contribution in [0.4, 0.5) is 0 Å². The van der Waals surface area contributed by atoms with Gasteiger partial charge in [-0.05, 0) is 24.5 Å². The lowest BCUT2D eigenvalue weighted by Gasteiger charge is -2.14. The van der Waals surface area contributed by atoms with Gasteiger partial charge in [0.05, 0.1) is 6.10 Å². The molecule has 2 rings (SSSR count). The summed E-state index contributed by atoms with van der Waals surface area (Å²) in [6, 6.07) is 7.05. The molecule has 0 aliphatic heterocycles. The van der Waals surface area contributed by atoms with Crippen LogP contribution in [0.25, 0.3) is 11.4 Å². The van der Waals surface area contributed by atoms with Crippen LogP contribution in [0.5, 0.6) is 0 Å². The smallest absolute Gasteiger partial charge is 0.251 e. The Labute approximate surface area is 129 Å². The molecule has 6 heteroatoms. The molecule has 1 atom stereocenters. The Morgan fingerprint density at radius 3 is 2.82 bits per heavy atom. The van der Waals surface area contributed by atoms with E-state index in [-0.39, 0.29) is 11.8 Å². The van der Waals surface area contributed by atoms with E-state index in [1.54, 1.807) is 25.1 Å². The fourth-order valence-corrected chi connectivity index (χ4v) is 1.99. The molecule has 0 saturated heterocycles. The van der Waals surface area contributed by atoms with Crippen molar-refractivity contribution in [1.29, 1.82) is 0 Å². The monoisotopic (exact) mass is 303 g/mol. The van der Waals surface area contributed by atoms with Gasteiger partial charge in [-0.2, -0.15) is 4.98 Å². The third-order valence-electron chi connectivity index (χ3n) is 3.41. The van der Waals surface area contributed by atoms with Crippen molar-refractivity contribution in [1.82, 2.24) is 15.5 Å². The molecule has 2 aromatic rings. The minimum absolute atomic E-state index is 0.182. The Morgan fingerprint density at radius 1 is 1.41 bits per heavy atom. The van der Waals surface area contributed by atoms with E-state index in [1.807, 2.05) is 19.9 Å². The van der Waals surface area contributed by atoms with Crippen LogP contribution in [-0.4, -0.2) is 33.8 Å². The van der Waals surface area contributed by atoms with Gasteiger partial charge >= 0.3 is 0 Å². The topological polar surface area (TPSA) is 88.2 Å². The number of aryl methyl sites for hydroxylation is 1. The number of aliphatic hydroxyl groups is 1. The van der Waals surface area contributed by atoms with Gasteiger partial charge in [-0.3, -0.25) is 4.79 Å². The number of amides is 1. The van der Waals surface area contributed by atoms with Crippen LogP contribution in [0.15, 0.2) is 28.8 Å². The first-order valence-corrected chi connectivity index (χ1v) is 7.34. The van der Waals surface area contributed by atoms with Crippen LogP contribution in [0.2, 0.25) is 0 Å². The summed E-state index contributed by atoms with van der Waals surface area (Å²) < 4.78 is 4.94. The van der Waals surface area contributed by atoms with Crippen molar-refractivity contribution in [2.75, 3.05) is 6.54 Å². The highest BCUT2D eigenvalue weighted by Crippen LogP contribution is 2.17.